The van der Waals surface area contributed by atoms with Gasteiger partial charge in [0, 0.05) is 72.3 Å². The van der Waals surface area contributed by atoms with Crippen molar-refractivity contribution >= 4 is 67.7 Å². The fraction of sp³-hybridized carbons (Fsp3) is 0.867. The van der Waals surface area contributed by atoms with Crippen LogP contribution in [0.4, 0.5) is 0 Å². The molecule has 0 radical (unpaired) electrons. The number of ether oxygens (including phenoxy) is 17. The van der Waals surface area contributed by atoms with Gasteiger partial charge in [-0.3, -0.25) is 47.9 Å². The molecule has 0 aromatic heterocycles. The smallest absolute Gasteiger partial charge is 0.303 e. The van der Waals surface area contributed by atoms with Crippen molar-refractivity contribution in [3.8, 4) is 6.07 Å². The summed E-state index contributed by atoms with van der Waals surface area (Å²) in [4.78, 5) is 128. The van der Waals surface area contributed by atoms with Crippen LogP contribution in [0.25, 0.3) is 0 Å². The summed E-state index contributed by atoms with van der Waals surface area (Å²) < 4.78 is 112. The fourth-order valence-corrected chi connectivity index (χ4v) is 15.6. The molecule has 3 aliphatic heterocycles. The number of nitrogens with zero attached hydrogens (tertiary/aromatic N) is 2. The quantitative estimate of drug-likeness (QED) is 0.0244. The van der Waals surface area contributed by atoms with Crippen molar-refractivity contribution < 1.29 is 138 Å². The minimum Gasteiger partial charge on any atom is -0.463 e. The fourth-order valence-electron chi connectivity index (χ4n) is 14.0. The first kappa shape index (κ1) is 111. The Kier molecular flexibility index (Phi) is 59.9. The van der Waals surface area contributed by atoms with Gasteiger partial charge >= 0.3 is 11.9 Å². The van der Waals surface area contributed by atoms with Crippen LogP contribution in [0.15, 0.2) is 0 Å². The molecular formula is C83H149N10O29P. The topological polar surface area (TPSA) is 469 Å². The summed E-state index contributed by atoms with van der Waals surface area (Å²) in [5.74, 6) is -4.04. The van der Waals surface area contributed by atoms with Crippen molar-refractivity contribution in [2.75, 3.05) is 178 Å². The van der Waals surface area contributed by atoms with E-state index in [9.17, 15) is 53.2 Å². The Hall–Kier alpha value is -6.10. The second-order valence-electron chi connectivity index (χ2n) is 31.1. The molecule has 3 saturated heterocycles. The summed E-state index contributed by atoms with van der Waals surface area (Å²) in [6, 6.07) is -1.32. The molecule has 123 heavy (non-hydrogen) atoms. The zero-order chi connectivity index (χ0) is 90.9. The minimum atomic E-state index is -1.54. The zero-order valence-electron chi connectivity index (χ0n) is 75.8. The van der Waals surface area contributed by atoms with Gasteiger partial charge in [0.25, 0.3) is 8.53 Å². The number of carbonyl (C=O) groups is 10. The highest BCUT2D eigenvalue weighted by molar-refractivity contribution is 7.44. The van der Waals surface area contributed by atoms with Gasteiger partial charge in [0.2, 0.25) is 47.3 Å². The molecule has 0 aromatic carbocycles. The third-order valence-electron chi connectivity index (χ3n) is 20.6. The van der Waals surface area contributed by atoms with Gasteiger partial charge in [-0.1, -0.05) is 48.5 Å². The number of nitriles is 1. The SMILES string of the molecule is CC[C@H]1O[C@@H](OCCOCCOCCOCC(=O)NCCCC[C@H](NC(=O)COCCOCCOCCO[C@@H]2O[C@H](CC)[C@H](C)[C@H](C)[C@H]2NC(C)=O)C(=O)N[C@H](CCCCNC(=O)COCCOCCOCCO[C@@H]2O[C@H](COC(C)=O)[C@H](OC(C)=O)[C@H](C)[C@H]2NC(C)=O)C(=O)NCCCOP(OCCC#N)N(C(C)C)C(C)C)[C@H](NC(C)=O)[C@@H](C)[C@H]1C. The normalized spacial score (nSPS) is 23.4. The molecule has 710 valence electrons. The van der Waals surface area contributed by atoms with E-state index in [2.05, 4.69) is 94.8 Å². The maximum atomic E-state index is 14.5. The van der Waals surface area contributed by atoms with E-state index in [4.69, 9.17) is 89.6 Å². The average molecular weight is 1780 g/mol. The van der Waals surface area contributed by atoms with Gasteiger partial charge in [0.15, 0.2) is 18.9 Å². The summed E-state index contributed by atoms with van der Waals surface area (Å²) in [5.41, 5.74) is 0. The van der Waals surface area contributed by atoms with E-state index in [1.165, 1.54) is 34.6 Å². The van der Waals surface area contributed by atoms with Gasteiger partial charge in [-0.05, 0) is 109 Å². The van der Waals surface area contributed by atoms with Crippen LogP contribution in [0.2, 0.25) is 0 Å². The van der Waals surface area contributed by atoms with Crippen LogP contribution in [0.5, 0.6) is 0 Å². The first-order chi connectivity index (χ1) is 58.9. The number of nitrogens with one attached hydrogen (secondary N) is 8. The lowest BCUT2D eigenvalue weighted by molar-refractivity contribution is -0.264. The molecule has 8 amide bonds. The third-order valence-corrected chi connectivity index (χ3v) is 22.7. The van der Waals surface area contributed by atoms with E-state index >= 15 is 0 Å². The molecular weight excluding hydrogens is 1630 g/mol. The number of unbranched alkanes of at least 4 members (excludes halogenated alkanes) is 2. The van der Waals surface area contributed by atoms with Gasteiger partial charge in [0.1, 0.15) is 50.7 Å². The van der Waals surface area contributed by atoms with Gasteiger partial charge in [-0.2, -0.15) is 5.26 Å². The molecule has 0 bridgehead atoms. The zero-order valence-corrected chi connectivity index (χ0v) is 76.7. The molecule has 3 fully saturated rings. The summed E-state index contributed by atoms with van der Waals surface area (Å²) in [5, 5.41) is 32.2. The summed E-state index contributed by atoms with van der Waals surface area (Å²) in [7, 11) is -1.54. The highest BCUT2D eigenvalue weighted by Crippen LogP contribution is 2.46. The monoisotopic (exact) mass is 1780 g/mol. The van der Waals surface area contributed by atoms with E-state index in [-0.39, 0.29) is 268 Å². The van der Waals surface area contributed by atoms with E-state index in [0.717, 1.165) is 12.8 Å². The van der Waals surface area contributed by atoms with Crippen LogP contribution in [0.3, 0.4) is 0 Å². The lowest BCUT2D eigenvalue weighted by Crippen LogP contribution is -2.62. The largest absolute Gasteiger partial charge is 0.463 e. The predicted molar refractivity (Wildman–Crippen MR) is 449 cm³/mol. The second kappa shape index (κ2) is 66.3. The van der Waals surface area contributed by atoms with Crippen molar-refractivity contribution in [3.05, 3.63) is 0 Å². The molecule has 3 rings (SSSR count). The summed E-state index contributed by atoms with van der Waals surface area (Å²) in [6.45, 7) is 32.4. The number of esters is 2. The first-order valence-electron chi connectivity index (χ1n) is 43.7. The number of hydrogen-bond donors (Lipinski definition) is 8. The Balaban J connectivity index is 1.57. The molecule has 3 heterocycles. The Morgan fingerprint density at radius 1 is 0.407 bits per heavy atom. The van der Waals surface area contributed by atoms with Crippen LogP contribution in [-0.4, -0.2) is 328 Å². The standard InChI is InChI=1S/C83H149N10O29P/c1-17-69-57(7)59(9)75(88-62(12)94)81(120-69)113-48-45-107-36-33-104-39-43-111-53-73(100)86-29-22-20-26-68(91-74(101)54-112-44-41-106-35-38-108-46-49-114-82-76(89-63(13)95)60(10)58(8)70(18-2)121-82)80(103)92-67(79(102)87-30-24-32-118-123(117-31-23-27-84)93(55(3)4)56(5)6)25-19-21-28-85-72(99)52-110-42-40-105-34-37-109-47-50-115-83-77(90-64(14)96)61(11)78(119-66(16)98)71(122-83)51-116-65(15)97/h55-61,67-71,75-78,81-83H,17-26,28-54H2,1-16H3,(H,85,99)(H,86,100)(H,87,102)(H,88,94)(H,89,95)(H,90,96)(H,91,101)(H,92,103)/t57-,58-,59+,60+,61-,67-,68+,69-,70-,71-,75-,76-,77-,78-,81-,82-,83-,123?/m1/s1. The van der Waals surface area contributed by atoms with Crippen LogP contribution in [0, 0.1) is 40.9 Å². The van der Waals surface area contributed by atoms with E-state index in [1.54, 1.807) is 6.92 Å². The van der Waals surface area contributed by atoms with E-state index in [0.29, 0.717) is 38.7 Å². The third kappa shape index (κ3) is 47.5. The number of carbonyl (C=O) groups excluding carboxylic acids is 10. The molecule has 0 aliphatic carbocycles. The summed E-state index contributed by atoms with van der Waals surface area (Å²) >= 11 is 0. The van der Waals surface area contributed by atoms with Crippen molar-refractivity contribution in [2.24, 2.45) is 29.6 Å². The summed E-state index contributed by atoms with van der Waals surface area (Å²) in [6.07, 6.45) is 0.0449. The lowest BCUT2D eigenvalue weighted by atomic mass is 9.81. The molecule has 8 N–H and O–H groups in total. The highest BCUT2D eigenvalue weighted by atomic mass is 31.2. The maximum Gasteiger partial charge on any atom is 0.303 e. The van der Waals surface area contributed by atoms with Gasteiger partial charge in [-0.15, -0.1) is 0 Å². The first-order valence-corrected chi connectivity index (χ1v) is 44.8. The van der Waals surface area contributed by atoms with E-state index in [1.807, 2.05) is 27.7 Å². The van der Waals surface area contributed by atoms with Crippen LogP contribution in [0.1, 0.15) is 175 Å². The van der Waals surface area contributed by atoms with Crippen LogP contribution >= 0.6 is 8.53 Å². The molecule has 3 aliphatic rings. The van der Waals surface area contributed by atoms with E-state index < -0.39 is 106 Å². The second-order valence-corrected chi connectivity index (χ2v) is 32.6. The average Bonchev–Trinajstić information content (AvgIpc) is 0.798. The Labute approximate surface area is 729 Å². The Morgan fingerprint density at radius 2 is 0.772 bits per heavy atom. The minimum absolute atomic E-state index is 0.00969. The Morgan fingerprint density at radius 3 is 1.15 bits per heavy atom. The molecule has 39 nitrogen and oxygen atoms in total. The van der Waals surface area contributed by atoms with Crippen LogP contribution < -0.4 is 42.5 Å². The van der Waals surface area contributed by atoms with Crippen molar-refractivity contribution in [2.45, 2.75) is 261 Å². The van der Waals surface area contributed by atoms with Gasteiger partial charge in [0.05, 0.1) is 175 Å². The van der Waals surface area contributed by atoms with Crippen molar-refractivity contribution in [1.82, 2.24) is 47.2 Å². The molecule has 40 heteroatoms. The van der Waals surface area contributed by atoms with Crippen LogP contribution in [-0.2, 0) is 138 Å². The number of rotatable bonds is 69. The lowest BCUT2D eigenvalue weighted by Gasteiger charge is -2.44. The van der Waals surface area contributed by atoms with Gasteiger partial charge in [-0.25, -0.2) is 4.67 Å². The molecule has 0 saturated carbocycles. The Bertz CT molecular complexity index is 3020. The number of amides is 8. The highest BCUT2D eigenvalue weighted by Gasteiger charge is 2.48. The maximum absolute atomic E-state index is 14.5. The molecule has 1 unspecified atom stereocenters. The van der Waals surface area contributed by atoms with Crippen molar-refractivity contribution in [1.29, 1.82) is 5.26 Å². The molecule has 18 atom stereocenters. The predicted octanol–water partition coefficient (Wildman–Crippen LogP) is 3.71. The molecule has 0 aromatic rings. The van der Waals surface area contributed by atoms with Crippen molar-refractivity contribution in [3.63, 3.8) is 0 Å². The number of hydrogen-bond acceptors (Lipinski definition) is 31. The van der Waals surface area contributed by atoms with Gasteiger partial charge < -0.3 is 132 Å². The molecule has 0 spiro atoms.